The minimum Gasteiger partial charge on any atom is -0.377 e. The maximum Gasteiger partial charge on any atom is 0.162 e. The first-order chi connectivity index (χ1) is 16.0. The van der Waals surface area contributed by atoms with Crippen molar-refractivity contribution in [1.82, 2.24) is 0 Å². The summed E-state index contributed by atoms with van der Waals surface area (Å²) in [5, 5.41) is 0. The van der Waals surface area contributed by atoms with Gasteiger partial charge in [0.05, 0.1) is 6.10 Å². The fourth-order valence-corrected chi connectivity index (χ4v) is 6.03. The van der Waals surface area contributed by atoms with Crippen molar-refractivity contribution in [3.8, 4) is 0 Å². The molecule has 2 fully saturated rings. The summed E-state index contributed by atoms with van der Waals surface area (Å²) in [4.78, 5) is 0. The van der Waals surface area contributed by atoms with E-state index in [0.717, 1.165) is 64.2 Å². The van der Waals surface area contributed by atoms with Gasteiger partial charge in [0.1, 0.15) is 5.83 Å². The Bertz CT molecular complexity index is 873. The summed E-state index contributed by atoms with van der Waals surface area (Å²) in [5.74, 6) is -0.483. The van der Waals surface area contributed by atoms with Gasteiger partial charge in [-0.2, -0.15) is 0 Å². The van der Waals surface area contributed by atoms with Crippen LogP contribution in [0.4, 0.5) is 13.2 Å². The second kappa shape index (κ2) is 11.1. The Morgan fingerprint density at radius 1 is 0.758 bits per heavy atom. The third kappa shape index (κ3) is 5.65. The molecule has 180 valence electrons. The molecule has 4 rings (SSSR count). The molecule has 2 unspecified atom stereocenters. The molecule has 0 heterocycles. The van der Waals surface area contributed by atoms with E-state index in [2.05, 4.69) is 12.7 Å². The first kappa shape index (κ1) is 24.3. The lowest BCUT2D eigenvalue weighted by Crippen LogP contribution is -2.18. The number of hydrogen-bond donors (Lipinski definition) is 0. The van der Waals surface area contributed by atoms with Gasteiger partial charge in [-0.25, -0.2) is 13.2 Å². The van der Waals surface area contributed by atoms with Gasteiger partial charge in [-0.15, -0.1) is 6.58 Å². The van der Waals surface area contributed by atoms with Crippen LogP contribution in [0.3, 0.4) is 0 Å². The molecule has 3 aliphatic carbocycles. The Kier molecular flexibility index (Phi) is 8.16. The summed E-state index contributed by atoms with van der Waals surface area (Å²) in [6, 6.07) is 3.67. The molecular formula is C29H37F3O. The van der Waals surface area contributed by atoms with Crippen molar-refractivity contribution in [3.63, 3.8) is 0 Å². The molecule has 0 radical (unpaired) electrons. The molecule has 0 saturated heterocycles. The SMILES string of the molecule is C=CC1CCC(c2ccc(C3CCC(/C=C/C4CCC(OC)C=C4F)CC3)c(F)c2F)CC1. The van der Waals surface area contributed by atoms with Crippen LogP contribution < -0.4 is 0 Å². The first-order valence-electron chi connectivity index (χ1n) is 12.7. The maximum atomic E-state index is 15.1. The van der Waals surface area contributed by atoms with Crippen molar-refractivity contribution < 1.29 is 17.9 Å². The Balaban J connectivity index is 1.34. The third-order valence-corrected chi connectivity index (χ3v) is 8.28. The van der Waals surface area contributed by atoms with Gasteiger partial charge in [-0.05, 0) is 105 Å². The molecule has 3 aliphatic rings. The quantitative estimate of drug-likeness (QED) is 0.388. The fourth-order valence-electron chi connectivity index (χ4n) is 6.03. The molecular weight excluding hydrogens is 421 g/mol. The average Bonchev–Trinajstić information content (AvgIpc) is 2.85. The summed E-state index contributed by atoms with van der Waals surface area (Å²) in [7, 11) is 1.61. The van der Waals surface area contributed by atoms with Crippen LogP contribution in [0.2, 0.25) is 0 Å². The van der Waals surface area contributed by atoms with Gasteiger partial charge in [0.2, 0.25) is 0 Å². The molecule has 0 N–H and O–H groups in total. The summed E-state index contributed by atoms with van der Waals surface area (Å²) in [6.07, 6.45) is 16.5. The summed E-state index contributed by atoms with van der Waals surface area (Å²) < 4.78 is 49.6. The zero-order valence-corrected chi connectivity index (χ0v) is 19.7. The maximum absolute atomic E-state index is 15.1. The Morgan fingerprint density at radius 2 is 1.30 bits per heavy atom. The van der Waals surface area contributed by atoms with Gasteiger partial charge < -0.3 is 4.74 Å². The normalized spacial score (nSPS) is 33.2. The second-order valence-electron chi connectivity index (χ2n) is 10.2. The van der Waals surface area contributed by atoms with Gasteiger partial charge in [0, 0.05) is 13.0 Å². The zero-order chi connectivity index (χ0) is 23.4. The number of ether oxygens (including phenoxy) is 1. The standard InChI is InChI=1S/C29H37F3O/c1-3-19-4-9-21(10-5-19)25-16-17-26(29(32)28(25)31)22-11-6-20(7-12-22)8-13-23-14-15-24(33-2)18-27(23)30/h3,8,13,16-24H,1,4-7,9-12,14-15H2,2H3/b13-8+. The van der Waals surface area contributed by atoms with E-state index in [9.17, 15) is 4.39 Å². The number of allylic oxidation sites excluding steroid dienone is 4. The van der Waals surface area contributed by atoms with Gasteiger partial charge in [0.25, 0.3) is 0 Å². The minimum atomic E-state index is -0.639. The van der Waals surface area contributed by atoms with E-state index >= 15 is 8.78 Å². The van der Waals surface area contributed by atoms with E-state index in [1.54, 1.807) is 13.2 Å². The number of methoxy groups -OCH3 is 1. The topological polar surface area (TPSA) is 9.23 Å². The molecule has 1 aromatic carbocycles. The Hall–Kier alpha value is -1.81. The third-order valence-electron chi connectivity index (χ3n) is 8.28. The highest BCUT2D eigenvalue weighted by Crippen LogP contribution is 2.42. The van der Waals surface area contributed by atoms with Crippen molar-refractivity contribution in [1.29, 1.82) is 0 Å². The molecule has 0 bridgehead atoms. The number of hydrogen-bond acceptors (Lipinski definition) is 1. The van der Waals surface area contributed by atoms with E-state index in [1.807, 2.05) is 24.3 Å². The van der Waals surface area contributed by atoms with E-state index in [1.165, 1.54) is 0 Å². The lowest BCUT2D eigenvalue weighted by molar-refractivity contribution is 0.119. The van der Waals surface area contributed by atoms with Gasteiger partial charge in [-0.1, -0.05) is 30.4 Å². The minimum absolute atomic E-state index is 0.0588. The molecule has 1 nitrogen and oxygen atoms in total. The van der Waals surface area contributed by atoms with Crippen LogP contribution >= 0.6 is 0 Å². The van der Waals surface area contributed by atoms with Crippen LogP contribution in [-0.4, -0.2) is 13.2 Å². The fraction of sp³-hybridized carbons (Fsp3) is 0.586. The van der Waals surface area contributed by atoms with Crippen molar-refractivity contribution >= 4 is 0 Å². The van der Waals surface area contributed by atoms with Crippen LogP contribution in [0.1, 0.15) is 87.2 Å². The van der Waals surface area contributed by atoms with Crippen molar-refractivity contribution in [3.05, 3.63) is 71.6 Å². The largest absolute Gasteiger partial charge is 0.377 e. The zero-order valence-electron chi connectivity index (χ0n) is 19.7. The summed E-state index contributed by atoms with van der Waals surface area (Å²) in [5.41, 5.74) is 1.08. The first-order valence-corrected chi connectivity index (χ1v) is 12.7. The molecule has 0 aromatic heterocycles. The van der Waals surface area contributed by atoms with E-state index in [4.69, 9.17) is 4.74 Å². The number of halogens is 3. The molecule has 1 aromatic rings. The van der Waals surface area contributed by atoms with Crippen LogP contribution in [0, 0.1) is 29.4 Å². The summed E-state index contributed by atoms with van der Waals surface area (Å²) >= 11 is 0. The van der Waals surface area contributed by atoms with Crippen LogP contribution in [0.25, 0.3) is 0 Å². The molecule has 0 amide bonds. The van der Waals surface area contributed by atoms with E-state index in [0.29, 0.717) is 23.0 Å². The monoisotopic (exact) mass is 458 g/mol. The van der Waals surface area contributed by atoms with Crippen LogP contribution in [0.5, 0.6) is 0 Å². The highest BCUT2D eigenvalue weighted by Gasteiger charge is 2.29. The predicted octanol–water partition coefficient (Wildman–Crippen LogP) is 8.53. The van der Waals surface area contributed by atoms with Crippen LogP contribution in [-0.2, 0) is 4.74 Å². The van der Waals surface area contributed by atoms with Crippen molar-refractivity contribution in [2.75, 3.05) is 7.11 Å². The number of benzene rings is 1. The van der Waals surface area contributed by atoms with Gasteiger partial charge in [-0.3, -0.25) is 0 Å². The molecule has 0 spiro atoms. The molecule has 2 saturated carbocycles. The van der Waals surface area contributed by atoms with E-state index < -0.39 is 11.6 Å². The van der Waals surface area contributed by atoms with Gasteiger partial charge >= 0.3 is 0 Å². The lowest BCUT2D eigenvalue weighted by atomic mass is 9.76. The van der Waals surface area contributed by atoms with E-state index in [-0.39, 0.29) is 29.7 Å². The smallest absolute Gasteiger partial charge is 0.162 e. The summed E-state index contributed by atoms with van der Waals surface area (Å²) in [6.45, 7) is 3.86. The highest BCUT2D eigenvalue weighted by molar-refractivity contribution is 5.32. The molecule has 2 atom stereocenters. The molecule has 0 aliphatic heterocycles. The van der Waals surface area contributed by atoms with Gasteiger partial charge in [0.15, 0.2) is 11.6 Å². The Morgan fingerprint density at radius 3 is 1.79 bits per heavy atom. The van der Waals surface area contributed by atoms with Crippen LogP contribution in [0.15, 0.2) is 48.8 Å². The lowest BCUT2D eigenvalue weighted by Gasteiger charge is -2.30. The molecule has 33 heavy (non-hydrogen) atoms. The number of rotatable bonds is 6. The highest BCUT2D eigenvalue weighted by atomic mass is 19.2. The van der Waals surface area contributed by atoms with Crippen molar-refractivity contribution in [2.45, 2.75) is 82.1 Å². The average molecular weight is 459 g/mol. The second-order valence-corrected chi connectivity index (χ2v) is 10.2. The predicted molar refractivity (Wildman–Crippen MR) is 128 cm³/mol. The molecule has 4 heteroatoms. The van der Waals surface area contributed by atoms with Crippen molar-refractivity contribution in [2.24, 2.45) is 17.8 Å². The Labute approximate surface area is 196 Å².